The molecule has 0 spiro atoms. The molecule has 94 valence electrons. The van der Waals surface area contributed by atoms with Crippen LogP contribution in [0, 0.1) is 6.92 Å². The number of benzene rings is 1. The quantitative estimate of drug-likeness (QED) is 0.799. The number of rotatable bonds is 3. The summed E-state index contributed by atoms with van der Waals surface area (Å²) in [5.41, 5.74) is 1.30. The number of thiazole rings is 1. The second-order valence-corrected chi connectivity index (χ2v) is 4.85. The second-order valence-electron chi connectivity index (χ2n) is 3.65. The third-order valence-corrected chi connectivity index (χ3v) is 3.51. The topological polar surface area (TPSA) is 48.4 Å². The lowest BCUT2D eigenvalue weighted by molar-refractivity contribution is 0.0594. The molecule has 18 heavy (non-hydrogen) atoms. The molecule has 0 fully saturated rings. The maximum absolute atomic E-state index is 11.5. The first-order valence-electron chi connectivity index (χ1n) is 5.36. The van der Waals surface area contributed by atoms with Gasteiger partial charge in [0.1, 0.15) is 10.8 Å². The Labute approximate surface area is 109 Å². The predicted octanol–water partition coefficient (Wildman–Crippen LogP) is 2.91. The number of carbonyl (C=O) groups excluding carboxylic acids is 1. The first kappa shape index (κ1) is 12.6. The van der Waals surface area contributed by atoms with E-state index >= 15 is 0 Å². The Hall–Kier alpha value is -1.88. The van der Waals surface area contributed by atoms with Gasteiger partial charge < -0.3 is 9.47 Å². The first-order chi connectivity index (χ1) is 8.65. The lowest BCUT2D eigenvalue weighted by Gasteiger charge is -2.01. The molecule has 4 nitrogen and oxygen atoms in total. The predicted molar refractivity (Wildman–Crippen MR) is 70.2 cm³/mol. The average Bonchev–Trinajstić information content (AvgIpc) is 2.80. The van der Waals surface area contributed by atoms with Crippen molar-refractivity contribution in [1.82, 2.24) is 4.98 Å². The van der Waals surface area contributed by atoms with Crippen LogP contribution >= 0.6 is 11.3 Å². The maximum Gasteiger partial charge on any atom is 0.357 e. The Bertz CT molecular complexity index is 577. The molecule has 0 radical (unpaired) electrons. The molecule has 0 aliphatic carbocycles. The van der Waals surface area contributed by atoms with Gasteiger partial charge in [0.05, 0.1) is 14.2 Å². The maximum atomic E-state index is 11.5. The van der Waals surface area contributed by atoms with Crippen LogP contribution in [0.2, 0.25) is 0 Å². The minimum atomic E-state index is -0.405. The summed E-state index contributed by atoms with van der Waals surface area (Å²) in [5, 5.41) is 0.784. The van der Waals surface area contributed by atoms with Gasteiger partial charge in [0.2, 0.25) is 0 Å². The summed E-state index contributed by atoms with van der Waals surface area (Å²) in [7, 11) is 2.97. The van der Waals surface area contributed by atoms with Gasteiger partial charge in [-0.2, -0.15) is 0 Å². The van der Waals surface area contributed by atoms with Crippen LogP contribution in [-0.4, -0.2) is 25.2 Å². The SMILES string of the molecule is COC(=O)c1nc(-c2cccc(OC)c2)sc1C. The molecule has 1 aromatic carbocycles. The summed E-state index contributed by atoms with van der Waals surface area (Å²) >= 11 is 1.46. The Morgan fingerprint density at radius 1 is 1.33 bits per heavy atom. The highest BCUT2D eigenvalue weighted by Gasteiger charge is 2.16. The zero-order chi connectivity index (χ0) is 13.1. The van der Waals surface area contributed by atoms with Gasteiger partial charge in [0.15, 0.2) is 5.69 Å². The minimum absolute atomic E-state index is 0.375. The summed E-state index contributed by atoms with van der Waals surface area (Å²) in [6, 6.07) is 7.58. The molecule has 0 atom stereocenters. The Morgan fingerprint density at radius 3 is 2.78 bits per heavy atom. The van der Waals surface area contributed by atoms with Gasteiger partial charge in [0, 0.05) is 10.4 Å². The molecule has 1 heterocycles. The zero-order valence-corrected chi connectivity index (χ0v) is 11.2. The van der Waals surface area contributed by atoms with E-state index < -0.39 is 5.97 Å². The molecule has 0 bridgehead atoms. The lowest BCUT2D eigenvalue weighted by Crippen LogP contribution is -2.03. The third-order valence-electron chi connectivity index (χ3n) is 2.49. The van der Waals surface area contributed by atoms with Crippen LogP contribution in [0.3, 0.4) is 0 Å². The van der Waals surface area contributed by atoms with E-state index in [-0.39, 0.29) is 0 Å². The molecule has 0 saturated carbocycles. The number of hydrogen-bond donors (Lipinski definition) is 0. The highest BCUT2D eigenvalue weighted by molar-refractivity contribution is 7.15. The molecular formula is C13H13NO3S. The van der Waals surface area contributed by atoms with Gasteiger partial charge in [0.25, 0.3) is 0 Å². The number of aromatic nitrogens is 1. The fourth-order valence-corrected chi connectivity index (χ4v) is 2.46. The molecule has 1 aromatic heterocycles. The van der Waals surface area contributed by atoms with E-state index in [9.17, 15) is 4.79 Å². The summed E-state index contributed by atoms with van der Waals surface area (Å²) in [6.07, 6.45) is 0. The van der Waals surface area contributed by atoms with Gasteiger partial charge in [-0.3, -0.25) is 0 Å². The summed E-state index contributed by atoms with van der Waals surface area (Å²) < 4.78 is 9.86. The standard InChI is InChI=1S/C13H13NO3S/c1-8-11(13(15)17-3)14-12(18-8)9-5-4-6-10(7-9)16-2/h4-7H,1-3H3. The molecule has 0 unspecified atom stereocenters. The first-order valence-corrected chi connectivity index (χ1v) is 6.17. The van der Waals surface area contributed by atoms with Crippen molar-refractivity contribution in [1.29, 1.82) is 0 Å². The van der Waals surface area contributed by atoms with E-state index in [4.69, 9.17) is 9.47 Å². The van der Waals surface area contributed by atoms with Gasteiger partial charge >= 0.3 is 5.97 Å². The lowest BCUT2D eigenvalue weighted by atomic mass is 10.2. The van der Waals surface area contributed by atoms with Crippen LogP contribution in [0.25, 0.3) is 10.6 Å². The number of carbonyl (C=O) groups is 1. The molecule has 0 N–H and O–H groups in total. The van der Waals surface area contributed by atoms with Crippen LogP contribution in [0.15, 0.2) is 24.3 Å². The van der Waals surface area contributed by atoms with E-state index in [1.807, 2.05) is 31.2 Å². The van der Waals surface area contributed by atoms with E-state index in [1.165, 1.54) is 18.4 Å². The number of nitrogens with zero attached hydrogens (tertiary/aromatic N) is 1. The molecule has 2 aromatic rings. The fraction of sp³-hybridized carbons (Fsp3) is 0.231. The number of ether oxygens (including phenoxy) is 2. The van der Waals surface area contributed by atoms with E-state index in [0.717, 1.165) is 21.2 Å². The summed E-state index contributed by atoms with van der Waals surface area (Å²) in [5.74, 6) is 0.359. The van der Waals surface area contributed by atoms with Crippen molar-refractivity contribution >= 4 is 17.3 Å². The fourth-order valence-electron chi connectivity index (χ4n) is 1.56. The van der Waals surface area contributed by atoms with Crippen molar-refractivity contribution < 1.29 is 14.3 Å². The van der Waals surface area contributed by atoms with Crippen LogP contribution in [0.1, 0.15) is 15.4 Å². The van der Waals surface area contributed by atoms with Crippen LogP contribution < -0.4 is 4.74 Å². The molecule has 0 aliphatic heterocycles. The number of hydrogen-bond acceptors (Lipinski definition) is 5. The average molecular weight is 263 g/mol. The van der Waals surface area contributed by atoms with Gasteiger partial charge in [-0.05, 0) is 19.1 Å². The smallest absolute Gasteiger partial charge is 0.357 e. The monoisotopic (exact) mass is 263 g/mol. The van der Waals surface area contributed by atoms with Gasteiger partial charge in [-0.15, -0.1) is 11.3 Å². The number of methoxy groups -OCH3 is 2. The number of aryl methyl sites for hydroxylation is 1. The zero-order valence-electron chi connectivity index (χ0n) is 10.4. The van der Waals surface area contributed by atoms with Crippen molar-refractivity contribution in [3.05, 3.63) is 34.8 Å². The third kappa shape index (κ3) is 2.36. The van der Waals surface area contributed by atoms with E-state index in [0.29, 0.717) is 5.69 Å². The molecule has 0 saturated heterocycles. The Kier molecular flexibility index (Phi) is 3.62. The van der Waals surface area contributed by atoms with Crippen LogP contribution in [0.4, 0.5) is 0 Å². The molecular weight excluding hydrogens is 250 g/mol. The summed E-state index contributed by atoms with van der Waals surface area (Å²) in [6.45, 7) is 1.85. The van der Waals surface area contributed by atoms with Crippen molar-refractivity contribution in [2.75, 3.05) is 14.2 Å². The largest absolute Gasteiger partial charge is 0.497 e. The van der Waals surface area contributed by atoms with Gasteiger partial charge in [-0.25, -0.2) is 9.78 Å². The highest BCUT2D eigenvalue weighted by atomic mass is 32.1. The molecule has 0 amide bonds. The Balaban J connectivity index is 2.42. The van der Waals surface area contributed by atoms with Crippen molar-refractivity contribution in [2.24, 2.45) is 0 Å². The molecule has 5 heteroatoms. The minimum Gasteiger partial charge on any atom is -0.497 e. The van der Waals surface area contributed by atoms with Crippen LogP contribution in [0.5, 0.6) is 5.75 Å². The molecule has 0 aliphatic rings. The number of esters is 1. The van der Waals surface area contributed by atoms with E-state index in [1.54, 1.807) is 7.11 Å². The normalized spacial score (nSPS) is 10.2. The highest BCUT2D eigenvalue weighted by Crippen LogP contribution is 2.29. The van der Waals surface area contributed by atoms with Crippen LogP contribution in [-0.2, 0) is 4.74 Å². The second kappa shape index (κ2) is 5.18. The van der Waals surface area contributed by atoms with Crippen molar-refractivity contribution in [3.63, 3.8) is 0 Å². The van der Waals surface area contributed by atoms with Crippen molar-refractivity contribution in [2.45, 2.75) is 6.92 Å². The Morgan fingerprint density at radius 2 is 2.11 bits per heavy atom. The van der Waals surface area contributed by atoms with Crippen molar-refractivity contribution in [3.8, 4) is 16.3 Å². The summed E-state index contributed by atoms with van der Waals surface area (Å²) in [4.78, 5) is 16.7. The van der Waals surface area contributed by atoms with E-state index in [2.05, 4.69) is 4.98 Å². The molecule has 2 rings (SSSR count). The van der Waals surface area contributed by atoms with Gasteiger partial charge in [-0.1, -0.05) is 12.1 Å².